The number of benzene rings is 1. The van der Waals surface area contributed by atoms with Gasteiger partial charge in [-0.2, -0.15) is 0 Å². The summed E-state index contributed by atoms with van der Waals surface area (Å²) in [5.74, 6) is 0. The van der Waals surface area contributed by atoms with Crippen molar-refractivity contribution in [3.63, 3.8) is 0 Å². The summed E-state index contributed by atoms with van der Waals surface area (Å²) in [6, 6.07) is 4.18. The van der Waals surface area contributed by atoms with E-state index in [4.69, 9.17) is 11.6 Å². The predicted octanol–water partition coefficient (Wildman–Crippen LogP) is 5.04. The molecule has 4 heteroatoms. The summed E-state index contributed by atoms with van der Waals surface area (Å²) in [6.45, 7) is 0. The van der Waals surface area contributed by atoms with Gasteiger partial charge in [-0.15, -0.1) is 23.1 Å². The van der Waals surface area contributed by atoms with E-state index < -0.39 is 0 Å². The van der Waals surface area contributed by atoms with Gasteiger partial charge in [-0.3, -0.25) is 0 Å². The zero-order valence-electron chi connectivity index (χ0n) is 6.80. The third-order valence-electron chi connectivity index (χ3n) is 1.80. The molecular formula is C9H6BrClS2. The summed E-state index contributed by atoms with van der Waals surface area (Å²) in [5.41, 5.74) is 0. The Bertz CT molecular complexity index is 450. The number of thioether (sulfide) groups is 1. The maximum Gasteiger partial charge on any atom is 0.0698 e. The highest BCUT2D eigenvalue weighted by molar-refractivity contribution is 9.10. The lowest BCUT2D eigenvalue weighted by Crippen LogP contribution is -1.76. The molecule has 0 radical (unpaired) electrons. The van der Waals surface area contributed by atoms with Gasteiger partial charge in [0.1, 0.15) is 0 Å². The smallest absolute Gasteiger partial charge is 0.0698 e. The van der Waals surface area contributed by atoms with Crippen molar-refractivity contribution in [1.29, 1.82) is 0 Å². The Morgan fingerprint density at radius 3 is 3.00 bits per heavy atom. The minimum atomic E-state index is 0.822. The van der Waals surface area contributed by atoms with E-state index in [-0.39, 0.29) is 0 Å². The van der Waals surface area contributed by atoms with Gasteiger partial charge in [0.2, 0.25) is 0 Å². The Morgan fingerprint density at radius 1 is 1.54 bits per heavy atom. The number of halogens is 2. The van der Waals surface area contributed by atoms with Crippen LogP contribution in [0.5, 0.6) is 0 Å². The van der Waals surface area contributed by atoms with Gasteiger partial charge in [-0.25, -0.2) is 0 Å². The quantitative estimate of drug-likeness (QED) is 0.664. The molecule has 0 N–H and O–H groups in total. The summed E-state index contributed by atoms with van der Waals surface area (Å²) < 4.78 is 2.25. The van der Waals surface area contributed by atoms with Crippen LogP contribution in [0.15, 0.2) is 26.9 Å². The van der Waals surface area contributed by atoms with Crippen molar-refractivity contribution in [1.82, 2.24) is 0 Å². The molecule has 0 aliphatic carbocycles. The average molecular weight is 294 g/mol. The Hall–Kier alpha value is 0.300. The zero-order chi connectivity index (χ0) is 9.42. The summed E-state index contributed by atoms with van der Waals surface area (Å²) in [6.07, 6.45) is 2.05. The fourth-order valence-corrected chi connectivity index (χ4v) is 4.03. The molecule has 2 aromatic rings. The molecule has 2 rings (SSSR count). The second-order valence-electron chi connectivity index (χ2n) is 2.54. The molecule has 0 aliphatic heterocycles. The number of thiophene rings is 1. The summed E-state index contributed by atoms with van der Waals surface area (Å²) >= 11 is 13.0. The van der Waals surface area contributed by atoms with Crippen molar-refractivity contribution in [3.05, 3.63) is 27.0 Å². The minimum absolute atomic E-state index is 0.822. The second-order valence-corrected chi connectivity index (χ2v) is 5.51. The monoisotopic (exact) mass is 292 g/mol. The summed E-state index contributed by atoms with van der Waals surface area (Å²) in [7, 11) is 0. The molecule has 0 bridgehead atoms. The first kappa shape index (κ1) is 9.84. The third-order valence-corrected chi connectivity index (χ3v) is 5.05. The molecule has 0 aliphatic rings. The van der Waals surface area contributed by atoms with Crippen molar-refractivity contribution in [2.45, 2.75) is 4.90 Å². The lowest BCUT2D eigenvalue weighted by atomic mass is 10.3. The topological polar surface area (TPSA) is 0 Å². The normalized spacial score (nSPS) is 11.0. The fourth-order valence-electron chi connectivity index (χ4n) is 1.21. The molecule has 0 fully saturated rings. The van der Waals surface area contributed by atoms with Gasteiger partial charge >= 0.3 is 0 Å². The molecule has 68 valence electrons. The molecule has 0 saturated carbocycles. The van der Waals surface area contributed by atoms with Crippen LogP contribution >= 0.6 is 50.6 Å². The van der Waals surface area contributed by atoms with Crippen LogP contribution in [0, 0.1) is 0 Å². The maximum absolute atomic E-state index is 6.17. The van der Waals surface area contributed by atoms with E-state index in [2.05, 4.69) is 33.4 Å². The first-order chi connectivity index (χ1) is 6.24. The van der Waals surface area contributed by atoms with Gasteiger partial charge in [0.05, 0.1) is 5.02 Å². The molecule has 0 amide bonds. The SMILES string of the molecule is CSc1c(Cl)c(Br)cc2ccsc12. The van der Waals surface area contributed by atoms with E-state index in [1.807, 2.05) is 6.26 Å². The van der Waals surface area contributed by atoms with Crippen LogP contribution in [0.1, 0.15) is 0 Å². The first-order valence-corrected chi connectivity index (χ1v) is 6.90. The van der Waals surface area contributed by atoms with E-state index in [0.717, 1.165) is 9.50 Å². The number of rotatable bonds is 1. The van der Waals surface area contributed by atoms with E-state index in [9.17, 15) is 0 Å². The highest BCUT2D eigenvalue weighted by atomic mass is 79.9. The van der Waals surface area contributed by atoms with E-state index in [1.54, 1.807) is 23.1 Å². The molecule has 1 aromatic heterocycles. The Morgan fingerprint density at radius 2 is 2.31 bits per heavy atom. The Labute approximate surface area is 98.4 Å². The van der Waals surface area contributed by atoms with Crippen molar-refractivity contribution in [2.75, 3.05) is 6.26 Å². The Balaban J connectivity index is 2.87. The molecule has 1 aromatic carbocycles. The van der Waals surface area contributed by atoms with Gasteiger partial charge in [-0.1, -0.05) is 11.6 Å². The first-order valence-electron chi connectivity index (χ1n) is 3.63. The van der Waals surface area contributed by atoms with Crippen LogP contribution < -0.4 is 0 Å². The van der Waals surface area contributed by atoms with Gasteiger partial charge in [0.15, 0.2) is 0 Å². The van der Waals surface area contributed by atoms with Crippen LogP contribution in [0.3, 0.4) is 0 Å². The molecule has 0 atom stereocenters. The standard InChI is InChI=1S/C9H6BrClS2/c1-12-9-7(11)6(10)4-5-2-3-13-8(5)9/h2-4H,1H3. The van der Waals surface area contributed by atoms with Gasteiger partial charge < -0.3 is 0 Å². The van der Waals surface area contributed by atoms with Crippen molar-refractivity contribution in [2.24, 2.45) is 0 Å². The fraction of sp³-hybridized carbons (Fsp3) is 0.111. The maximum atomic E-state index is 6.17. The van der Waals surface area contributed by atoms with E-state index >= 15 is 0 Å². The van der Waals surface area contributed by atoms with Gasteiger partial charge in [-0.05, 0) is 45.1 Å². The third kappa shape index (κ3) is 1.63. The minimum Gasteiger partial charge on any atom is -0.143 e. The highest BCUT2D eigenvalue weighted by Gasteiger charge is 2.09. The summed E-state index contributed by atoms with van der Waals surface area (Å²) in [5, 5.41) is 4.17. The molecule has 0 spiro atoms. The van der Waals surface area contributed by atoms with Crippen LogP contribution in [0.4, 0.5) is 0 Å². The molecule has 1 heterocycles. The summed E-state index contributed by atoms with van der Waals surface area (Å²) in [4.78, 5) is 1.17. The van der Waals surface area contributed by atoms with Crippen molar-refractivity contribution < 1.29 is 0 Å². The Kier molecular flexibility index (Phi) is 2.88. The predicted molar refractivity (Wildman–Crippen MR) is 66.3 cm³/mol. The highest BCUT2D eigenvalue weighted by Crippen LogP contribution is 2.40. The number of hydrogen-bond acceptors (Lipinski definition) is 2. The molecule has 0 unspecified atom stereocenters. The van der Waals surface area contributed by atoms with Crippen molar-refractivity contribution >= 4 is 60.7 Å². The number of fused-ring (bicyclic) bond motifs is 1. The zero-order valence-corrected chi connectivity index (χ0v) is 10.8. The lowest BCUT2D eigenvalue weighted by molar-refractivity contribution is 1.55. The molecule has 0 nitrogen and oxygen atoms in total. The van der Waals surface area contributed by atoms with Gasteiger partial charge in [0.25, 0.3) is 0 Å². The van der Waals surface area contributed by atoms with Crippen LogP contribution in [-0.2, 0) is 0 Å². The van der Waals surface area contributed by atoms with Crippen molar-refractivity contribution in [3.8, 4) is 0 Å². The lowest BCUT2D eigenvalue weighted by Gasteiger charge is -2.04. The van der Waals surface area contributed by atoms with Crippen LogP contribution in [-0.4, -0.2) is 6.26 Å². The molecule has 13 heavy (non-hydrogen) atoms. The van der Waals surface area contributed by atoms with E-state index in [0.29, 0.717) is 0 Å². The van der Waals surface area contributed by atoms with Gasteiger partial charge in [0, 0.05) is 14.1 Å². The largest absolute Gasteiger partial charge is 0.143 e. The molecule has 0 saturated heterocycles. The van der Waals surface area contributed by atoms with Crippen LogP contribution in [0.25, 0.3) is 10.1 Å². The molecular weight excluding hydrogens is 288 g/mol. The van der Waals surface area contributed by atoms with E-state index in [1.165, 1.54) is 15.0 Å². The van der Waals surface area contributed by atoms with Crippen LogP contribution in [0.2, 0.25) is 5.02 Å². The second kappa shape index (κ2) is 3.81. The average Bonchev–Trinajstić information content (AvgIpc) is 2.54. The number of hydrogen-bond donors (Lipinski definition) is 0.